The Morgan fingerprint density at radius 1 is 1.20 bits per heavy atom. The first-order chi connectivity index (χ1) is 9.74. The summed E-state index contributed by atoms with van der Waals surface area (Å²) in [7, 11) is 1.50. The van der Waals surface area contributed by atoms with Gasteiger partial charge in [0.15, 0.2) is 23.9 Å². The smallest absolute Gasteiger partial charge is 0.162 e. The lowest BCUT2D eigenvalue weighted by molar-refractivity contribution is -0.113. The lowest BCUT2D eigenvalue weighted by Crippen LogP contribution is -2.18. The number of hydrogen-bond donors (Lipinski definition) is 0. The summed E-state index contributed by atoms with van der Waals surface area (Å²) in [6.45, 7) is 2.06. The van der Waals surface area contributed by atoms with E-state index in [0.717, 1.165) is 25.4 Å². The minimum absolute atomic E-state index is 0.450. The van der Waals surface area contributed by atoms with Gasteiger partial charge in [0.2, 0.25) is 0 Å². The van der Waals surface area contributed by atoms with Crippen LogP contribution in [0.25, 0.3) is 0 Å². The molecule has 0 heterocycles. The highest BCUT2D eigenvalue weighted by Crippen LogP contribution is 2.28. The fourth-order valence-corrected chi connectivity index (χ4v) is 1.72. The minimum Gasteiger partial charge on any atom is -0.493 e. The Hall–Kier alpha value is -2.10. The van der Waals surface area contributed by atoms with Crippen molar-refractivity contribution in [2.24, 2.45) is 0 Å². The first kappa shape index (κ1) is 16.0. The highest BCUT2D eigenvalue weighted by molar-refractivity contribution is 5.76. The van der Waals surface area contributed by atoms with Gasteiger partial charge in [-0.25, -0.2) is 0 Å². The van der Waals surface area contributed by atoms with Crippen LogP contribution in [-0.4, -0.2) is 25.8 Å². The van der Waals surface area contributed by atoms with E-state index in [4.69, 9.17) is 9.47 Å². The van der Waals surface area contributed by atoms with Crippen LogP contribution in [0.2, 0.25) is 0 Å². The molecule has 0 aliphatic heterocycles. The van der Waals surface area contributed by atoms with Gasteiger partial charge in [0.25, 0.3) is 0 Å². The van der Waals surface area contributed by atoms with Crippen LogP contribution < -0.4 is 9.47 Å². The lowest BCUT2D eigenvalue weighted by Gasteiger charge is -2.15. The summed E-state index contributed by atoms with van der Waals surface area (Å²) >= 11 is 0. The number of allylic oxidation sites excluding steroid dienone is 2. The summed E-state index contributed by atoms with van der Waals surface area (Å²) < 4.78 is 10.8. The molecule has 1 unspecified atom stereocenters. The standard InChI is InChI=1S/C16H20O4/c1-3-4-5-6-7-14(12-18)20-15-9-8-13(11-17)10-16(15)19-2/h4-5,8-12,14H,3,6-7H2,1-2H3/b5-4-. The Bertz CT molecular complexity index is 466. The number of hydrogen-bond acceptors (Lipinski definition) is 4. The second kappa shape index (κ2) is 8.91. The van der Waals surface area contributed by atoms with E-state index >= 15 is 0 Å². The SMILES string of the molecule is CC/C=C\CCC(C=O)Oc1ccc(C=O)cc1OC. The molecular weight excluding hydrogens is 256 g/mol. The Morgan fingerprint density at radius 3 is 2.60 bits per heavy atom. The molecule has 0 bridgehead atoms. The predicted molar refractivity (Wildman–Crippen MR) is 77.5 cm³/mol. The van der Waals surface area contributed by atoms with Gasteiger partial charge in [0.1, 0.15) is 6.29 Å². The fraction of sp³-hybridized carbons (Fsp3) is 0.375. The van der Waals surface area contributed by atoms with Crippen LogP contribution in [0.15, 0.2) is 30.4 Å². The average molecular weight is 276 g/mol. The zero-order chi connectivity index (χ0) is 14.8. The molecule has 108 valence electrons. The second-order valence-electron chi connectivity index (χ2n) is 4.28. The van der Waals surface area contributed by atoms with E-state index in [1.165, 1.54) is 7.11 Å². The van der Waals surface area contributed by atoms with Gasteiger partial charge in [-0.05, 0) is 37.5 Å². The number of aldehydes is 2. The molecule has 1 aromatic rings. The quantitative estimate of drug-likeness (QED) is 0.513. The molecule has 0 N–H and O–H groups in total. The Kier molecular flexibility index (Phi) is 7.11. The van der Waals surface area contributed by atoms with Crippen molar-refractivity contribution < 1.29 is 19.1 Å². The molecule has 1 rings (SSSR count). The van der Waals surface area contributed by atoms with Crippen molar-refractivity contribution >= 4 is 12.6 Å². The summed E-state index contributed by atoms with van der Waals surface area (Å²) in [5.41, 5.74) is 0.503. The molecule has 1 atom stereocenters. The van der Waals surface area contributed by atoms with Crippen molar-refractivity contribution in [1.82, 2.24) is 0 Å². The fourth-order valence-electron chi connectivity index (χ4n) is 1.72. The largest absolute Gasteiger partial charge is 0.493 e. The van der Waals surface area contributed by atoms with Crippen LogP contribution in [0.1, 0.15) is 36.5 Å². The van der Waals surface area contributed by atoms with Gasteiger partial charge in [-0.15, -0.1) is 0 Å². The molecule has 0 aliphatic carbocycles. The second-order valence-corrected chi connectivity index (χ2v) is 4.28. The van der Waals surface area contributed by atoms with Crippen LogP contribution in [0.5, 0.6) is 11.5 Å². The van der Waals surface area contributed by atoms with Crippen molar-refractivity contribution in [3.63, 3.8) is 0 Å². The molecule has 0 spiro atoms. The van der Waals surface area contributed by atoms with Crippen LogP contribution in [0, 0.1) is 0 Å². The van der Waals surface area contributed by atoms with Crippen LogP contribution in [0.3, 0.4) is 0 Å². The maximum absolute atomic E-state index is 11.0. The first-order valence-corrected chi connectivity index (χ1v) is 6.65. The van der Waals surface area contributed by atoms with Crippen LogP contribution in [0.4, 0.5) is 0 Å². The van der Waals surface area contributed by atoms with Crippen LogP contribution >= 0.6 is 0 Å². The number of methoxy groups -OCH3 is 1. The number of rotatable bonds is 9. The van der Waals surface area contributed by atoms with E-state index in [1.54, 1.807) is 18.2 Å². The van der Waals surface area contributed by atoms with E-state index in [9.17, 15) is 9.59 Å². The third-order valence-electron chi connectivity index (χ3n) is 2.77. The van der Waals surface area contributed by atoms with E-state index in [0.29, 0.717) is 23.5 Å². The lowest BCUT2D eigenvalue weighted by atomic mass is 10.2. The molecule has 0 radical (unpaired) electrons. The third kappa shape index (κ3) is 4.88. The molecule has 0 aliphatic rings. The summed E-state index contributed by atoms with van der Waals surface area (Å²) in [5.74, 6) is 0.917. The van der Waals surface area contributed by atoms with Crippen molar-refractivity contribution in [3.05, 3.63) is 35.9 Å². The predicted octanol–water partition coefficient (Wildman–Crippen LogP) is 3.20. The van der Waals surface area contributed by atoms with Crippen molar-refractivity contribution in [1.29, 1.82) is 0 Å². The number of carbonyl (C=O) groups excluding carboxylic acids is 2. The number of ether oxygens (including phenoxy) is 2. The number of benzene rings is 1. The molecule has 0 saturated carbocycles. The Balaban J connectivity index is 2.71. The summed E-state index contributed by atoms with van der Waals surface area (Å²) in [6.07, 6.45) is 7.46. The molecule has 20 heavy (non-hydrogen) atoms. The highest BCUT2D eigenvalue weighted by Gasteiger charge is 2.12. The van der Waals surface area contributed by atoms with Crippen LogP contribution in [-0.2, 0) is 4.79 Å². The molecular formula is C16H20O4. The van der Waals surface area contributed by atoms with Crippen molar-refractivity contribution in [2.45, 2.75) is 32.3 Å². The maximum Gasteiger partial charge on any atom is 0.162 e. The Labute approximate surface area is 119 Å². The highest BCUT2D eigenvalue weighted by atomic mass is 16.5. The summed E-state index contributed by atoms with van der Waals surface area (Å²) in [6, 6.07) is 4.85. The maximum atomic E-state index is 11.0. The minimum atomic E-state index is -0.521. The van der Waals surface area contributed by atoms with Crippen molar-refractivity contribution in [3.8, 4) is 11.5 Å². The van der Waals surface area contributed by atoms with E-state index in [2.05, 4.69) is 13.0 Å². The number of carbonyl (C=O) groups is 2. The van der Waals surface area contributed by atoms with E-state index in [-0.39, 0.29) is 0 Å². The molecule has 4 nitrogen and oxygen atoms in total. The molecule has 0 amide bonds. The first-order valence-electron chi connectivity index (χ1n) is 6.65. The van der Waals surface area contributed by atoms with E-state index in [1.807, 2.05) is 6.08 Å². The third-order valence-corrected chi connectivity index (χ3v) is 2.77. The molecule has 0 saturated heterocycles. The van der Waals surface area contributed by atoms with Gasteiger partial charge in [-0.2, -0.15) is 0 Å². The molecule has 4 heteroatoms. The van der Waals surface area contributed by atoms with Gasteiger partial charge in [0, 0.05) is 5.56 Å². The monoisotopic (exact) mass is 276 g/mol. The zero-order valence-electron chi connectivity index (χ0n) is 11.9. The van der Waals surface area contributed by atoms with Gasteiger partial charge < -0.3 is 9.47 Å². The molecule has 1 aromatic carbocycles. The topological polar surface area (TPSA) is 52.6 Å². The average Bonchev–Trinajstić information content (AvgIpc) is 2.50. The van der Waals surface area contributed by atoms with Gasteiger partial charge >= 0.3 is 0 Å². The molecule has 0 fully saturated rings. The summed E-state index contributed by atoms with van der Waals surface area (Å²) in [5, 5.41) is 0. The van der Waals surface area contributed by atoms with Gasteiger partial charge in [-0.1, -0.05) is 19.1 Å². The zero-order valence-corrected chi connectivity index (χ0v) is 11.9. The van der Waals surface area contributed by atoms with Crippen molar-refractivity contribution in [2.75, 3.05) is 7.11 Å². The summed E-state index contributed by atoms with van der Waals surface area (Å²) in [4.78, 5) is 21.8. The van der Waals surface area contributed by atoms with Gasteiger partial charge in [0.05, 0.1) is 7.11 Å². The normalized spacial score (nSPS) is 12.1. The van der Waals surface area contributed by atoms with E-state index < -0.39 is 6.10 Å². The molecule has 0 aromatic heterocycles. The Morgan fingerprint density at radius 2 is 2.00 bits per heavy atom. The van der Waals surface area contributed by atoms with Gasteiger partial charge in [-0.3, -0.25) is 9.59 Å².